The number of halogens is 2. The Kier molecular flexibility index (Phi) is 8.07. The lowest BCUT2D eigenvalue weighted by atomic mass is 10.1. The zero-order chi connectivity index (χ0) is 15.7. The fourth-order valence-corrected chi connectivity index (χ4v) is 1.17. The molecule has 0 saturated carbocycles. The molecular formula is C13H17F2NO4. The van der Waals surface area contributed by atoms with Crippen molar-refractivity contribution in [3.63, 3.8) is 0 Å². The number of amides is 1. The number of carbonyl (C=O) groups excluding carboxylic acids is 1. The van der Waals surface area contributed by atoms with E-state index in [4.69, 9.17) is 10.2 Å². The fourth-order valence-electron chi connectivity index (χ4n) is 1.17. The van der Waals surface area contributed by atoms with Crippen molar-refractivity contribution in [2.75, 3.05) is 6.61 Å². The van der Waals surface area contributed by atoms with Crippen molar-refractivity contribution in [1.29, 1.82) is 0 Å². The van der Waals surface area contributed by atoms with Crippen molar-refractivity contribution in [3.05, 3.63) is 35.4 Å². The largest absolute Gasteiger partial charge is 0.481 e. The topological polar surface area (TPSA) is 86.6 Å². The molecule has 0 aromatic heterocycles. The molecular weight excluding hydrogens is 272 g/mol. The van der Waals surface area contributed by atoms with Crippen LogP contribution in [-0.2, 0) is 16.1 Å². The molecule has 1 unspecified atom stereocenters. The first kappa shape index (κ1) is 18.0. The third-order valence-electron chi connectivity index (χ3n) is 2.15. The van der Waals surface area contributed by atoms with Crippen molar-refractivity contribution in [2.24, 2.45) is 5.92 Å². The lowest BCUT2D eigenvalue weighted by Crippen LogP contribution is -2.33. The molecule has 0 aliphatic carbocycles. The van der Waals surface area contributed by atoms with Crippen LogP contribution < -0.4 is 5.32 Å². The van der Waals surface area contributed by atoms with E-state index >= 15 is 0 Å². The molecule has 1 atom stereocenters. The normalized spacial score (nSPS) is 11.1. The lowest BCUT2D eigenvalue weighted by Gasteiger charge is -2.08. The van der Waals surface area contributed by atoms with Crippen molar-refractivity contribution in [1.82, 2.24) is 5.32 Å². The Hall–Kier alpha value is -2.02. The van der Waals surface area contributed by atoms with Crippen LogP contribution in [0.5, 0.6) is 0 Å². The molecule has 0 bridgehead atoms. The third-order valence-corrected chi connectivity index (χ3v) is 2.15. The van der Waals surface area contributed by atoms with Gasteiger partial charge >= 0.3 is 5.97 Å². The number of carboxylic acids is 1. The molecule has 0 heterocycles. The summed E-state index contributed by atoms with van der Waals surface area (Å²) in [6.45, 7) is 3.04. The number of hydrogen-bond acceptors (Lipinski definition) is 3. The van der Waals surface area contributed by atoms with Crippen molar-refractivity contribution in [2.45, 2.75) is 20.4 Å². The van der Waals surface area contributed by atoms with E-state index in [1.54, 1.807) is 6.92 Å². The minimum atomic E-state index is -1.26. The number of aliphatic carboxylic acids is 1. The summed E-state index contributed by atoms with van der Waals surface area (Å²) in [5, 5.41) is 18.4. The Bertz CT molecular complexity index is 445. The highest BCUT2D eigenvalue weighted by Gasteiger charge is 2.19. The molecule has 1 amide bonds. The third kappa shape index (κ3) is 6.79. The summed E-state index contributed by atoms with van der Waals surface area (Å²) in [7, 11) is 0. The van der Waals surface area contributed by atoms with Gasteiger partial charge in [-0.1, -0.05) is 0 Å². The maximum Gasteiger partial charge on any atom is 0.315 e. The number of nitrogens with one attached hydrogen (secondary N) is 1. The van der Waals surface area contributed by atoms with Crippen LogP contribution in [0.15, 0.2) is 18.2 Å². The fraction of sp³-hybridized carbons (Fsp3) is 0.385. The van der Waals surface area contributed by atoms with Gasteiger partial charge in [-0.2, -0.15) is 0 Å². The van der Waals surface area contributed by atoms with Crippen LogP contribution in [0.25, 0.3) is 0 Å². The van der Waals surface area contributed by atoms with Crippen LogP contribution in [0.2, 0.25) is 0 Å². The molecule has 0 spiro atoms. The Morgan fingerprint density at radius 2 is 1.70 bits per heavy atom. The highest BCUT2D eigenvalue weighted by Crippen LogP contribution is 2.08. The van der Waals surface area contributed by atoms with Crippen LogP contribution >= 0.6 is 0 Å². The molecule has 3 N–H and O–H groups in total. The second-order valence-corrected chi connectivity index (χ2v) is 3.87. The molecule has 0 aliphatic heterocycles. The standard InChI is InChI=1S/C11H11F2NO3.C2H6O/c1-6(11(16)17)10(15)14-5-7-2-8(12)4-9(13)3-7;1-2-3/h2-4,6H,5H2,1H3,(H,14,15)(H,16,17);3H,2H2,1H3. The van der Waals surface area contributed by atoms with Gasteiger partial charge in [-0.15, -0.1) is 0 Å². The summed E-state index contributed by atoms with van der Waals surface area (Å²) >= 11 is 0. The predicted octanol–water partition coefficient (Wildman–Crippen LogP) is 1.30. The van der Waals surface area contributed by atoms with Gasteiger partial charge < -0.3 is 15.5 Å². The molecule has 0 saturated heterocycles. The van der Waals surface area contributed by atoms with Gasteiger partial charge in [0.2, 0.25) is 5.91 Å². The Morgan fingerprint density at radius 1 is 1.25 bits per heavy atom. The van der Waals surface area contributed by atoms with E-state index in [-0.39, 0.29) is 18.7 Å². The van der Waals surface area contributed by atoms with Crippen molar-refractivity contribution >= 4 is 11.9 Å². The van der Waals surface area contributed by atoms with Gasteiger partial charge in [0, 0.05) is 19.2 Å². The van der Waals surface area contributed by atoms with E-state index < -0.39 is 29.4 Å². The first-order valence-corrected chi connectivity index (χ1v) is 5.88. The SMILES string of the molecule is CC(C(=O)O)C(=O)NCc1cc(F)cc(F)c1.CCO. The molecule has 5 nitrogen and oxygen atoms in total. The van der Waals surface area contributed by atoms with Crippen LogP contribution in [0, 0.1) is 17.6 Å². The van der Waals surface area contributed by atoms with Crippen LogP contribution in [0.4, 0.5) is 8.78 Å². The van der Waals surface area contributed by atoms with Crippen molar-refractivity contribution in [3.8, 4) is 0 Å². The highest BCUT2D eigenvalue weighted by molar-refractivity contribution is 5.96. The van der Waals surface area contributed by atoms with Crippen LogP contribution in [0.3, 0.4) is 0 Å². The van der Waals surface area contributed by atoms with E-state index in [0.717, 1.165) is 12.1 Å². The monoisotopic (exact) mass is 289 g/mol. The second-order valence-electron chi connectivity index (χ2n) is 3.87. The zero-order valence-electron chi connectivity index (χ0n) is 11.2. The maximum atomic E-state index is 12.8. The first-order valence-electron chi connectivity index (χ1n) is 5.88. The molecule has 1 aromatic rings. The van der Waals surface area contributed by atoms with Gasteiger partial charge in [-0.05, 0) is 31.5 Å². The van der Waals surface area contributed by atoms with Gasteiger partial charge in [0.25, 0.3) is 0 Å². The van der Waals surface area contributed by atoms with E-state index in [1.807, 2.05) is 0 Å². The van der Waals surface area contributed by atoms with E-state index in [2.05, 4.69) is 5.32 Å². The van der Waals surface area contributed by atoms with E-state index in [1.165, 1.54) is 6.92 Å². The van der Waals surface area contributed by atoms with Crippen LogP contribution in [0.1, 0.15) is 19.4 Å². The molecule has 0 aliphatic rings. The summed E-state index contributed by atoms with van der Waals surface area (Å²) in [5.74, 6) is -4.66. The van der Waals surface area contributed by atoms with Gasteiger partial charge in [-0.25, -0.2) is 8.78 Å². The van der Waals surface area contributed by atoms with Crippen LogP contribution in [-0.4, -0.2) is 28.7 Å². The average molecular weight is 289 g/mol. The number of aliphatic hydroxyl groups is 1. The van der Waals surface area contributed by atoms with Gasteiger partial charge in [0.15, 0.2) is 0 Å². The van der Waals surface area contributed by atoms with Gasteiger partial charge in [0.05, 0.1) is 0 Å². The summed E-state index contributed by atoms with van der Waals surface area (Å²) in [6.07, 6.45) is 0. The van der Waals surface area contributed by atoms with E-state index in [9.17, 15) is 18.4 Å². The highest BCUT2D eigenvalue weighted by atomic mass is 19.1. The summed E-state index contributed by atoms with van der Waals surface area (Å²) in [6, 6.07) is 2.84. The molecule has 7 heteroatoms. The second kappa shape index (κ2) is 8.98. The zero-order valence-corrected chi connectivity index (χ0v) is 11.2. The number of hydrogen-bond donors (Lipinski definition) is 3. The van der Waals surface area contributed by atoms with E-state index in [0.29, 0.717) is 6.07 Å². The minimum absolute atomic E-state index is 0.120. The Balaban J connectivity index is 0.00000110. The lowest BCUT2D eigenvalue weighted by molar-refractivity contribution is -0.146. The summed E-state index contributed by atoms with van der Waals surface area (Å²) in [5.41, 5.74) is 0.230. The molecule has 1 rings (SSSR count). The number of benzene rings is 1. The van der Waals surface area contributed by atoms with Gasteiger partial charge in [-0.3, -0.25) is 9.59 Å². The minimum Gasteiger partial charge on any atom is -0.481 e. The number of aliphatic hydroxyl groups excluding tert-OH is 1. The first-order chi connectivity index (χ1) is 9.31. The van der Waals surface area contributed by atoms with Crippen molar-refractivity contribution < 1.29 is 28.6 Å². The number of carbonyl (C=O) groups is 2. The quantitative estimate of drug-likeness (QED) is 0.729. The Morgan fingerprint density at radius 3 is 2.10 bits per heavy atom. The summed E-state index contributed by atoms with van der Waals surface area (Å²) < 4.78 is 25.6. The average Bonchev–Trinajstić information content (AvgIpc) is 2.34. The Labute approximate surface area is 115 Å². The number of rotatable bonds is 4. The molecule has 0 fully saturated rings. The smallest absolute Gasteiger partial charge is 0.315 e. The number of carboxylic acid groups (broad SMARTS) is 1. The predicted molar refractivity (Wildman–Crippen MR) is 67.8 cm³/mol. The summed E-state index contributed by atoms with van der Waals surface area (Å²) in [4.78, 5) is 21.7. The molecule has 112 valence electrons. The van der Waals surface area contributed by atoms with Gasteiger partial charge in [0.1, 0.15) is 17.6 Å². The molecule has 20 heavy (non-hydrogen) atoms. The maximum absolute atomic E-state index is 12.8. The molecule has 1 aromatic carbocycles. The molecule has 0 radical (unpaired) electrons.